The maximum atomic E-state index is 13.6. The highest BCUT2D eigenvalue weighted by Crippen LogP contribution is 2.30. The molecule has 0 aliphatic rings. The van der Waals surface area contributed by atoms with E-state index in [2.05, 4.69) is 5.32 Å². The Morgan fingerprint density at radius 1 is 1.03 bits per heavy atom. The molecule has 1 amide bonds. The maximum absolute atomic E-state index is 13.6. The smallest absolute Gasteiger partial charge is 0.421 e. The average Bonchev–Trinajstić information content (AvgIpc) is 2.65. The molecule has 3 aromatic rings. The van der Waals surface area contributed by atoms with Gasteiger partial charge in [-0.2, -0.15) is 13.2 Å². The van der Waals surface area contributed by atoms with Gasteiger partial charge in [0.25, 0.3) is 5.56 Å². The molecule has 9 heteroatoms. The van der Waals surface area contributed by atoms with Crippen molar-refractivity contribution in [2.75, 3.05) is 5.32 Å². The number of rotatable bonds is 5. The maximum Gasteiger partial charge on any atom is 0.421 e. The Labute approximate surface area is 162 Å². The molecule has 0 spiro atoms. The monoisotopic (exact) mass is 406 g/mol. The third-order valence-electron chi connectivity index (χ3n) is 3.83. The molecule has 0 atom stereocenters. The Morgan fingerprint density at radius 3 is 2.45 bits per heavy atom. The van der Waals surface area contributed by atoms with Gasteiger partial charge in [-0.1, -0.05) is 18.2 Å². The lowest BCUT2D eigenvalue weighted by atomic mass is 10.2. The van der Waals surface area contributed by atoms with E-state index in [1.807, 2.05) is 0 Å². The Hall–Kier alpha value is -3.62. The van der Waals surface area contributed by atoms with Crippen LogP contribution >= 0.6 is 0 Å². The molecule has 1 aromatic heterocycles. The third-order valence-corrected chi connectivity index (χ3v) is 3.83. The zero-order valence-electron chi connectivity index (χ0n) is 14.7. The summed E-state index contributed by atoms with van der Waals surface area (Å²) in [6, 6.07) is 13.6. The van der Waals surface area contributed by atoms with E-state index in [1.54, 1.807) is 30.3 Å². The molecule has 29 heavy (non-hydrogen) atoms. The summed E-state index contributed by atoms with van der Waals surface area (Å²) in [5.41, 5.74) is -2.76. The summed E-state index contributed by atoms with van der Waals surface area (Å²) in [6.07, 6.45) is -3.78. The number of anilines is 1. The van der Waals surface area contributed by atoms with Gasteiger partial charge in [0.15, 0.2) is 5.75 Å². The fourth-order valence-electron chi connectivity index (χ4n) is 2.53. The number of nitrogens with one attached hydrogen (secondary N) is 1. The first-order valence-electron chi connectivity index (χ1n) is 8.33. The SMILES string of the molecule is O=C(Cn1cccc(C(F)(F)F)c1=O)Nc1cc(F)ccc1Oc1ccccc1. The third kappa shape index (κ3) is 5.01. The Morgan fingerprint density at radius 2 is 1.76 bits per heavy atom. The van der Waals surface area contributed by atoms with Crippen LogP contribution in [0.3, 0.4) is 0 Å². The zero-order chi connectivity index (χ0) is 21.0. The fourth-order valence-corrected chi connectivity index (χ4v) is 2.53. The number of aromatic nitrogens is 1. The number of amides is 1. The predicted molar refractivity (Wildman–Crippen MR) is 97.2 cm³/mol. The molecule has 1 heterocycles. The van der Waals surface area contributed by atoms with E-state index in [0.717, 1.165) is 24.4 Å². The lowest BCUT2D eigenvalue weighted by molar-refractivity contribution is -0.139. The van der Waals surface area contributed by atoms with Crippen LogP contribution in [-0.2, 0) is 17.5 Å². The summed E-state index contributed by atoms with van der Waals surface area (Å²) in [6.45, 7) is -0.690. The number of ether oxygens (including phenoxy) is 1. The van der Waals surface area contributed by atoms with Crippen LogP contribution in [0.15, 0.2) is 71.7 Å². The standard InChI is InChI=1S/C20H14F4N2O3/c21-13-8-9-17(29-14-5-2-1-3-6-14)16(11-13)25-18(27)12-26-10-4-7-15(19(26)28)20(22,23)24/h1-11H,12H2,(H,25,27). The molecular weight excluding hydrogens is 392 g/mol. The first kappa shape index (κ1) is 20.1. The van der Waals surface area contributed by atoms with Gasteiger partial charge in [0, 0.05) is 12.3 Å². The summed E-state index contributed by atoms with van der Waals surface area (Å²) < 4.78 is 58.4. The van der Waals surface area contributed by atoms with Crippen molar-refractivity contribution in [2.24, 2.45) is 0 Å². The number of nitrogens with zero attached hydrogens (tertiary/aromatic N) is 1. The van der Waals surface area contributed by atoms with Crippen molar-refractivity contribution in [3.63, 3.8) is 0 Å². The topological polar surface area (TPSA) is 60.3 Å². The highest BCUT2D eigenvalue weighted by Gasteiger charge is 2.34. The number of hydrogen-bond donors (Lipinski definition) is 1. The number of halogens is 4. The predicted octanol–water partition coefficient (Wildman–Crippen LogP) is 4.44. The van der Waals surface area contributed by atoms with Crippen LogP contribution in [0.4, 0.5) is 23.2 Å². The molecule has 0 unspecified atom stereocenters. The van der Waals surface area contributed by atoms with Crippen molar-refractivity contribution in [3.05, 3.63) is 88.6 Å². The van der Waals surface area contributed by atoms with Crippen molar-refractivity contribution in [1.29, 1.82) is 0 Å². The van der Waals surface area contributed by atoms with E-state index >= 15 is 0 Å². The summed E-state index contributed by atoms with van der Waals surface area (Å²) in [7, 11) is 0. The van der Waals surface area contributed by atoms with Gasteiger partial charge in [0.1, 0.15) is 23.7 Å². The number of pyridine rings is 1. The van der Waals surface area contributed by atoms with Crippen LogP contribution in [0, 0.1) is 5.82 Å². The Bertz CT molecular complexity index is 1080. The van der Waals surface area contributed by atoms with Gasteiger partial charge < -0.3 is 14.6 Å². The zero-order valence-corrected chi connectivity index (χ0v) is 14.7. The van der Waals surface area contributed by atoms with Crippen molar-refractivity contribution < 1.29 is 27.1 Å². The van der Waals surface area contributed by atoms with Gasteiger partial charge >= 0.3 is 6.18 Å². The van der Waals surface area contributed by atoms with Gasteiger partial charge in [-0.15, -0.1) is 0 Å². The van der Waals surface area contributed by atoms with Gasteiger partial charge in [0.2, 0.25) is 5.91 Å². The molecule has 0 saturated carbocycles. The number of hydrogen-bond acceptors (Lipinski definition) is 3. The average molecular weight is 406 g/mol. The highest BCUT2D eigenvalue weighted by molar-refractivity contribution is 5.92. The molecule has 0 aliphatic heterocycles. The Balaban J connectivity index is 1.81. The normalized spacial score (nSPS) is 11.2. The molecule has 0 radical (unpaired) electrons. The van der Waals surface area contributed by atoms with Crippen LogP contribution in [0.5, 0.6) is 11.5 Å². The van der Waals surface area contributed by atoms with Gasteiger partial charge in [-0.05, 0) is 36.4 Å². The largest absolute Gasteiger partial charge is 0.455 e. The van der Waals surface area contributed by atoms with Crippen LogP contribution in [0.2, 0.25) is 0 Å². The van der Waals surface area contributed by atoms with Crippen LogP contribution in [0.1, 0.15) is 5.56 Å². The number of alkyl halides is 3. The molecule has 5 nitrogen and oxygen atoms in total. The van der Waals surface area contributed by atoms with Crippen molar-refractivity contribution in [3.8, 4) is 11.5 Å². The second-order valence-corrected chi connectivity index (χ2v) is 5.96. The molecule has 2 aromatic carbocycles. The Kier molecular flexibility index (Phi) is 5.67. The summed E-state index contributed by atoms with van der Waals surface area (Å²) >= 11 is 0. The second-order valence-electron chi connectivity index (χ2n) is 5.96. The molecule has 0 bridgehead atoms. The quantitative estimate of drug-likeness (QED) is 0.638. The van der Waals surface area contributed by atoms with E-state index < -0.39 is 35.6 Å². The van der Waals surface area contributed by atoms with E-state index in [4.69, 9.17) is 4.74 Å². The number of carbonyl (C=O) groups is 1. The van der Waals surface area contributed by atoms with E-state index in [-0.39, 0.29) is 11.4 Å². The van der Waals surface area contributed by atoms with Gasteiger partial charge in [0.05, 0.1) is 5.69 Å². The summed E-state index contributed by atoms with van der Waals surface area (Å²) in [5, 5.41) is 2.36. The highest BCUT2D eigenvalue weighted by atomic mass is 19.4. The van der Waals surface area contributed by atoms with Crippen molar-refractivity contribution in [1.82, 2.24) is 4.57 Å². The minimum absolute atomic E-state index is 0.0288. The first-order valence-corrected chi connectivity index (χ1v) is 8.33. The lowest BCUT2D eigenvalue weighted by Gasteiger charge is -2.14. The molecule has 0 fully saturated rings. The first-order chi connectivity index (χ1) is 13.7. The van der Waals surface area contributed by atoms with E-state index in [9.17, 15) is 27.2 Å². The van der Waals surface area contributed by atoms with E-state index in [1.165, 1.54) is 6.07 Å². The lowest BCUT2D eigenvalue weighted by Crippen LogP contribution is -2.32. The van der Waals surface area contributed by atoms with Crippen molar-refractivity contribution in [2.45, 2.75) is 12.7 Å². The molecule has 3 rings (SSSR count). The minimum Gasteiger partial charge on any atom is -0.455 e. The molecule has 1 N–H and O–H groups in total. The van der Waals surface area contributed by atoms with Crippen LogP contribution in [-0.4, -0.2) is 10.5 Å². The van der Waals surface area contributed by atoms with Crippen LogP contribution < -0.4 is 15.6 Å². The summed E-state index contributed by atoms with van der Waals surface area (Å²) in [4.78, 5) is 24.2. The number of para-hydroxylation sites is 1. The van der Waals surface area contributed by atoms with Gasteiger partial charge in [-0.3, -0.25) is 9.59 Å². The number of carbonyl (C=O) groups excluding carboxylic acids is 1. The van der Waals surface area contributed by atoms with Gasteiger partial charge in [-0.25, -0.2) is 4.39 Å². The fraction of sp³-hybridized carbons (Fsp3) is 0.100. The second kappa shape index (κ2) is 8.17. The number of benzene rings is 2. The minimum atomic E-state index is -4.84. The molecule has 0 aliphatic carbocycles. The van der Waals surface area contributed by atoms with Crippen molar-refractivity contribution >= 4 is 11.6 Å². The molecule has 0 saturated heterocycles. The molecular formula is C20H14F4N2O3. The summed E-state index contributed by atoms with van der Waals surface area (Å²) in [5.74, 6) is -0.919. The molecule has 150 valence electrons. The van der Waals surface area contributed by atoms with Crippen LogP contribution in [0.25, 0.3) is 0 Å². The van der Waals surface area contributed by atoms with E-state index in [0.29, 0.717) is 16.4 Å².